The first-order chi connectivity index (χ1) is 7.99. The van der Waals surface area contributed by atoms with Crippen LogP contribution in [0, 0.1) is 17.5 Å². The van der Waals surface area contributed by atoms with E-state index in [-0.39, 0.29) is 5.56 Å². The van der Waals surface area contributed by atoms with Gasteiger partial charge in [-0.1, -0.05) is 6.07 Å². The Balaban J connectivity index is 2.64. The second-order valence-electron chi connectivity index (χ2n) is 3.45. The largest absolute Gasteiger partial charge is 0.508 e. The van der Waals surface area contributed by atoms with Crippen molar-refractivity contribution in [3.05, 3.63) is 47.8 Å². The van der Waals surface area contributed by atoms with E-state index in [1.54, 1.807) is 0 Å². The molecule has 0 aliphatic carbocycles. The first-order valence-corrected chi connectivity index (χ1v) is 4.66. The number of halogens is 3. The van der Waals surface area contributed by atoms with Gasteiger partial charge < -0.3 is 10.2 Å². The van der Waals surface area contributed by atoms with Gasteiger partial charge in [0, 0.05) is 12.1 Å². The minimum atomic E-state index is -1.01. The van der Waals surface area contributed by atoms with Crippen LogP contribution in [0.2, 0.25) is 0 Å². The molecular formula is C12H7F3O2. The third-order valence-corrected chi connectivity index (χ3v) is 2.26. The summed E-state index contributed by atoms with van der Waals surface area (Å²) in [6.07, 6.45) is 0. The van der Waals surface area contributed by atoms with Gasteiger partial charge in [-0.15, -0.1) is 0 Å². The molecule has 0 aromatic heterocycles. The minimum Gasteiger partial charge on any atom is -0.508 e. The van der Waals surface area contributed by atoms with Crippen molar-refractivity contribution in [2.45, 2.75) is 0 Å². The summed E-state index contributed by atoms with van der Waals surface area (Å²) in [5.74, 6) is -4.15. The van der Waals surface area contributed by atoms with Crippen molar-refractivity contribution < 1.29 is 23.4 Å². The topological polar surface area (TPSA) is 40.5 Å². The highest BCUT2D eigenvalue weighted by Gasteiger charge is 2.14. The van der Waals surface area contributed by atoms with Crippen molar-refractivity contribution in [2.24, 2.45) is 0 Å². The fourth-order valence-corrected chi connectivity index (χ4v) is 1.50. The van der Waals surface area contributed by atoms with E-state index < -0.39 is 34.5 Å². The molecule has 2 rings (SSSR count). The second-order valence-corrected chi connectivity index (χ2v) is 3.45. The van der Waals surface area contributed by atoms with Crippen LogP contribution in [0.15, 0.2) is 30.3 Å². The average molecular weight is 240 g/mol. The Morgan fingerprint density at radius 2 is 1.35 bits per heavy atom. The van der Waals surface area contributed by atoms with Gasteiger partial charge in [-0.3, -0.25) is 0 Å². The maximum absolute atomic E-state index is 13.4. The molecule has 17 heavy (non-hydrogen) atoms. The molecule has 2 aromatic rings. The van der Waals surface area contributed by atoms with Crippen LogP contribution < -0.4 is 0 Å². The maximum Gasteiger partial charge on any atom is 0.165 e. The molecule has 0 saturated carbocycles. The Morgan fingerprint density at radius 1 is 0.765 bits per heavy atom. The molecule has 0 fully saturated rings. The maximum atomic E-state index is 13.4. The molecule has 2 aromatic carbocycles. The normalized spacial score (nSPS) is 10.5. The van der Waals surface area contributed by atoms with Gasteiger partial charge in [0.15, 0.2) is 11.6 Å². The Hall–Kier alpha value is -2.17. The zero-order valence-electron chi connectivity index (χ0n) is 8.42. The molecule has 0 amide bonds. The van der Waals surface area contributed by atoms with Crippen LogP contribution >= 0.6 is 0 Å². The SMILES string of the molecule is Oc1cc(F)c(-c2ccc(O)c(F)c2)c(F)c1. The van der Waals surface area contributed by atoms with Crippen molar-refractivity contribution in [3.8, 4) is 22.6 Å². The van der Waals surface area contributed by atoms with E-state index in [1.807, 2.05) is 0 Å². The van der Waals surface area contributed by atoms with Crippen LogP contribution in [0.1, 0.15) is 0 Å². The van der Waals surface area contributed by atoms with Gasteiger partial charge in [-0.05, 0) is 17.7 Å². The molecule has 5 heteroatoms. The average Bonchev–Trinajstić information content (AvgIpc) is 2.21. The Bertz CT molecular complexity index is 559. The number of hydrogen-bond acceptors (Lipinski definition) is 2. The third kappa shape index (κ3) is 2.04. The number of phenolic OH excluding ortho intramolecular Hbond substituents is 2. The van der Waals surface area contributed by atoms with Crippen LogP contribution in [-0.4, -0.2) is 10.2 Å². The van der Waals surface area contributed by atoms with E-state index in [0.717, 1.165) is 24.3 Å². The van der Waals surface area contributed by atoms with Gasteiger partial charge in [-0.2, -0.15) is 0 Å². The fourth-order valence-electron chi connectivity index (χ4n) is 1.50. The van der Waals surface area contributed by atoms with Gasteiger partial charge in [0.05, 0.1) is 5.56 Å². The molecule has 0 aliphatic rings. The molecule has 88 valence electrons. The van der Waals surface area contributed by atoms with E-state index in [9.17, 15) is 13.2 Å². The monoisotopic (exact) mass is 240 g/mol. The lowest BCUT2D eigenvalue weighted by molar-refractivity contribution is 0.432. The molecule has 0 aliphatic heterocycles. The summed E-state index contributed by atoms with van der Waals surface area (Å²) >= 11 is 0. The smallest absolute Gasteiger partial charge is 0.165 e. The van der Waals surface area contributed by atoms with Crippen LogP contribution in [0.4, 0.5) is 13.2 Å². The summed E-state index contributed by atoms with van der Waals surface area (Å²) < 4.78 is 40.0. The summed E-state index contributed by atoms with van der Waals surface area (Å²) in [6, 6.07) is 4.44. The van der Waals surface area contributed by atoms with E-state index in [1.165, 1.54) is 6.07 Å². The van der Waals surface area contributed by atoms with Crippen molar-refractivity contribution >= 4 is 0 Å². The predicted octanol–water partition coefficient (Wildman–Crippen LogP) is 3.18. The molecular weight excluding hydrogens is 233 g/mol. The van der Waals surface area contributed by atoms with E-state index in [4.69, 9.17) is 10.2 Å². The van der Waals surface area contributed by atoms with Crippen LogP contribution in [-0.2, 0) is 0 Å². The number of aromatic hydroxyl groups is 2. The molecule has 0 radical (unpaired) electrons. The Labute approximate surface area is 94.6 Å². The predicted molar refractivity (Wildman–Crippen MR) is 55.1 cm³/mol. The van der Waals surface area contributed by atoms with Gasteiger partial charge in [0.2, 0.25) is 0 Å². The summed E-state index contributed by atoms with van der Waals surface area (Å²) in [5.41, 5.74) is -0.517. The van der Waals surface area contributed by atoms with E-state index in [2.05, 4.69) is 0 Å². The van der Waals surface area contributed by atoms with Crippen molar-refractivity contribution in [1.82, 2.24) is 0 Å². The standard InChI is InChI=1S/C12H7F3O2/c13-8-3-6(1-2-11(8)17)12-9(14)4-7(16)5-10(12)15/h1-5,16-17H. The lowest BCUT2D eigenvalue weighted by atomic mass is 10.0. The summed E-state index contributed by atoms with van der Waals surface area (Å²) in [6.45, 7) is 0. The number of rotatable bonds is 1. The highest BCUT2D eigenvalue weighted by atomic mass is 19.1. The lowest BCUT2D eigenvalue weighted by Gasteiger charge is -2.06. The van der Waals surface area contributed by atoms with Crippen molar-refractivity contribution in [3.63, 3.8) is 0 Å². The van der Waals surface area contributed by atoms with Crippen molar-refractivity contribution in [1.29, 1.82) is 0 Å². The Kier molecular flexibility index (Phi) is 2.67. The fraction of sp³-hybridized carbons (Fsp3) is 0. The van der Waals surface area contributed by atoms with E-state index in [0.29, 0.717) is 0 Å². The molecule has 0 spiro atoms. The van der Waals surface area contributed by atoms with Crippen LogP contribution in [0.5, 0.6) is 11.5 Å². The number of hydrogen-bond donors (Lipinski definition) is 2. The lowest BCUT2D eigenvalue weighted by Crippen LogP contribution is -1.91. The van der Waals surface area contributed by atoms with Crippen LogP contribution in [0.25, 0.3) is 11.1 Å². The quantitative estimate of drug-likeness (QED) is 0.803. The van der Waals surface area contributed by atoms with Gasteiger partial charge in [0.1, 0.15) is 17.4 Å². The first-order valence-electron chi connectivity index (χ1n) is 4.66. The zero-order valence-corrected chi connectivity index (χ0v) is 8.42. The molecule has 2 N–H and O–H groups in total. The second kappa shape index (κ2) is 4.01. The number of phenols is 2. The van der Waals surface area contributed by atoms with Gasteiger partial charge in [-0.25, -0.2) is 13.2 Å². The van der Waals surface area contributed by atoms with Crippen molar-refractivity contribution in [2.75, 3.05) is 0 Å². The molecule has 0 bridgehead atoms. The zero-order chi connectivity index (χ0) is 12.6. The summed E-state index contributed by atoms with van der Waals surface area (Å²) in [7, 11) is 0. The van der Waals surface area contributed by atoms with Crippen LogP contribution in [0.3, 0.4) is 0 Å². The number of benzene rings is 2. The molecule has 0 saturated heterocycles. The molecule has 0 atom stereocenters. The molecule has 0 heterocycles. The molecule has 2 nitrogen and oxygen atoms in total. The third-order valence-electron chi connectivity index (χ3n) is 2.26. The molecule has 0 unspecified atom stereocenters. The van der Waals surface area contributed by atoms with E-state index >= 15 is 0 Å². The summed E-state index contributed by atoms with van der Waals surface area (Å²) in [5, 5.41) is 17.9. The van der Waals surface area contributed by atoms with Gasteiger partial charge >= 0.3 is 0 Å². The first kappa shape index (κ1) is 11.3. The Morgan fingerprint density at radius 3 is 1.88 bits per heavy atom. The van der Waals surface area contributed by atoms with Gasteiger partial charge in [0.25, 0.3) is 0 Å². The minimum absolute atomic E-state index is 0.0599. The highest BCUT2D eigenvalue weighted by molar-refractivity contribution is 5.66. The highest BCUT2D eigenvalue weighted by Crippen LogP contribution is 2.31. The summed E-state index contributed by atoms with van der Waals surface area (Å²) in [4.78, 5) is 0.